The van der Waals surface area contributed by atoms with Crippen LogP contribution in [0, 0.1) is 0 Å². The fourth-order valence-corrected chi connectivity index (χ4v) is 1.60. The molecule has 0 aliphatic carbocycles. The maximum absolute atomic E-state index is 12.1. The largest absolute Gasteiger partial charge is 0.494 e. The number of hydrogen-bond donors (Lipinski definition) is 2. The molecule has 0 atom stereocenters. The average molecular weight is 273 g/mol. The Labute approximate surface area is 114 Å². The first-order valence-corrected chi connectivity index (χ1v) is 5.61. The van der Waals surface area contributed by atoms with Gasteiger partial charge in [-0.2, -0.15) is 0 Å². The molecule has 0 aromatic carbocycles. The predicted octanol–water partition coefficient (Wildman–Crippen LogP) is 1.44. The Balaban J connectivity index is 2.31. The highest BCUT2D eigenvalue weighted by Crippen LogP contribution is 2.19. The summed E-state index contributed by atoms with van der Waals surface area (Å²) in [6, 6.07) is 4.47. The van der Waals surface area contributed by atoms with Crippen molar-refractivity contribution in [3.05, 3.63) is 48.0 Å². The first-order chi connectivity index (χ1) is 9.63. The van der Waals surface area contributed by atoms with Crippen LogP contribution < -0.4 is 10.1 Å². The first-order valence-electron chi connectivity index (χ1n) is 5.61. The molecular formula is C13H11N3O4. The highest BCUT2D eigenvalue weighted by Gasteiger charge is 2.16. The molecule has 2 rings (SSSR count). The Morgan fingerprint density at radius 3 is 2.80 bits per heavy atom. The van der Waals surface area contributed by atoms with Crippen LogP contribution in [0.1, 0.15) is 20.8 Å². The molecule has 0 aliphatic heterocycles. The third kappa shape index (κ3) is 2.72. The molecule has 7 nitrogen and oxygen atoms in total. The summed E-state index contributed by atoms with van der Waals surface area (Å²) in [6.07, 6.45) is 4.18. The molecular weight excluding hydrogens is 262 g/mol. The van der Waals surface area contributed by atoms with E-state index in [2.05, 4.69) is 15.3 Å². The number of carbonyl (C=O) groups excluding carboxylic acids is 1. The molecule has 7 heteroatoms. The minimum absolute atomic E-state index is 0.115. The summed E-state index contributed by atoms with van der Waals surface area (Å²) in [5.74, 6) is -1.42. The van der Waals surface area contributed by atoms with Crippen LogP contribution in [0.5, 0.6) is 5.75 Å². The number of methoxy groups -OCH3 is 1. The van der Waals surface area contributed by atoms with Gasteiger partial charge >= 0.3 is 5.97 Å². The number of anilines is 1. The second-order valence-corrected chi connectivity index (χ2v) is 3.73. The van der Waals surface area contributed by atoms with Crippen LogP contribution in [0.15, 0.2) is 36.8 Å². The fraction of sp³-hybridized carbons (Fsp3) is 0.0769. The predicted molar refractivity (Wildman–Crippen MR) is 69.9 cm³/mol. The molecule has 102 valence electrons. The molecule has 0 radical (unpaired) electrons. The van der Waals surface area contributed by atoms with Gasteiger partial charge in [0.1, 0.15) is 5.75 Å². The quantitative estimate of drug-likeness (QED) is 0.873. The van der Waals surface area contributed by atoms with Gasteiger partial charge in [0.05, 0.1) is 24.6 Å². The van der Waals surface area contributed by atoms with Gasteiger partial charge in [-0.05, 0) is 18.2 Å². The van der Waals surface area contributed by atoms with E-state index in [0.717, 1.165) is 0 Å². The zero-order valence-corrected chi connectivity index (χ0v) is 10.5. The standard InChI is InChI=1S/C13H11N3O4/c1-20-10-7-14-6-4-8(10)12(17)16-9-3-2-5-15-11(9)13(18)19/h2-7H,1H3,(H,16,17)(H,18,19). The van der Waals surface area contributed by atoms with Crippen molar-refractivity contribution in [1.82, 2.24) is 9.97 Å². The maximum atomic E-state index is 12.1. The minimum atomic E-state index is -1.22. The van der Waals surface area contributed by atoms with Gasteiger partial charge in [-0.25, -0.2) is 9.78 Å². The van der Waals surface area contributed by atoms with E-state index in [9.17, 15) is 9.59 Å². The maximum Gasteiger partial charge on any atom is 0.356 e. The van der Waals surface area contributed by atoms with Crippen molar-refractivity contribution < 1.29 is 19.4 Å². The molecule has 0 saturated heterocycles. The van der Waals surface area contributed by atoms with E-state index >= 15 is 0 Å². The van der Waals surface area contributed by atoms with Crippen molar-refractivity contribution in [2.45, 2.75) is 0 Å². The van der Waals surface area contributed by atoms with Crippen molar-refractivity contribution in [3.63, 3.8) is 0 Å². The third-order valence-electron chi connectivity index (χ3n) is 2.51. The molecule has 2 N–H and O–H groups in total. The number of rotatable bonds is 4. The van der Waals surface area contributed by atoms with Gasteiger partial charge in [-0.1, -0.05) is 0 Å². The summed E-state index contributed by atoms with van der Waals surface area (Å²) in [6.45, 7) is 0. The van der Waals surface area contributed by atoms with Crippen molar-refractivity contribution in [3.8, 4) is 5.75 Å². The van der Waals surface area contributed by atoms with Crippen LogP contribution in [0.25, 0.3) is 0 Å². The van der Waals surface area contributed by atoms with Gasteiger partial charge in [-0.3, -0.25) is 9.78 Å². The number of ether oxygens (including phenoxy) is 1. The number of aromatic nitrogens is 2. The van der Waals surface area contributed by atoms with Crippen molar-refractivity contribution in [2.75, 3.05) is 12.4 Å². The SMILES string of the molecule is COc1cnccc1C(=O)Nc1cccnc1C(=O)O. The van der Waals surface area contributed by atoms with Gasteiger partial charge in [0.2, 0.25) is 0 Å². The van der Waals surface area contributed by atoms with Crippen molar-refractivity contribution in [1.29, 1.82) is 0 Å². The zero-order chi connectivity index (χ0) is 14.5. The number of pyridine rings is 2. The number of carboxylic acids is 1. The van der Waals surface area contributed by atoms with E-state index in [1.165, 1.54) is 43.9 Å². The van der Waals surface area contributed by atoms with E-state index in [1.54, 1.807) is 0 Å². The van der Waals surface area contributed by atoms with Gasteiger partial charge in [0.15, 0.2) is 5.69 Å². The molecule has 2 aromatic rings. The van der Waals surface area contributed by atoms with Gasteiger partial charge in [-0.15, -0.1) is 0 Å². The second-order valence-electron chi connectivity index (χ2n) is 3.73. The molecule has 0 spiro atoms. The summed E-state index contributed by atoms with van der Waals surface area (Å²) in [5, 5.41) is 11.5. The number of hydrogen-bond acceptors (Lipinski definition) is 5. The molecule has 0 bridgehead atoms. The summed E-state index contributed by atoms with van der Waals surface area (Å²) >= 11 is 0. The van der Waals surface area contributed by atoms with E-state index in [-0.39, 0.29) is 16.9 Å². The molecule has 0 unspecified atom stereocenters. The molecule has 1 amide bonds. The van der Waals surface area contributed by atoms with E-state index in [1.807, 2.05) is 0 Å². The number of carboxylic acid groups (broad SMARTS) is 1. The van der Waals surface area contributed by atoms with Crippen LogP contribution in [0.2, 0.25) is 0 Å². The Morgan fingerprint density at radius 1 is 1.30 bits per heavy atom. The molecule has 0 aliphatic rings. The lowest BCUT2D eigenvalue weighted by Crippen LogP contribution is -2.16. The van der Waals surface area contributed by atoms with Crippen molar-refractivity contribution >= 4 is 17.6 Å². The van der Waals surface area contributed by atoms with Crippen LogP contribution >= 0.6 is 0 Å². The van der Waals surface area contributed by atoms with E-state index < -0.39 is 11.9 Å². The lowest BCUT2D eigenvalue weighted by Gasteiger charge is -2.09. The van der Waals surface area contributed by atoms with Crippen LogP contribution in [0.3, 0.4) is 0 Å². The average Bonchev–Trinajstić information content (AvgIpc) is 2.47. The molecule has 20 heavy (non-hydrogen) atoms. The monoisotopic (exact) mass is 273 g/mol. The lowest BCUT2D eigenvalue weighted by molar-refractivity contribution is 0.0692. The Hall–Kier alpha value is -2.96. The van der Waals surface area contributed by atoms with Crippen LogP contribution in [-0.4, -0.2) is 34.1 Å². The fourth-order valence-electron chi connectivity index (χ4n) is 1.60. The summed E-state index contributed by atoms with van der Waals surface area (Å²) < 4.78 is 5.03. The van der Waals surface area contributed by atoms with Gasteiger partial charge in [0, 0.05) is 12.4 Å². The number of amides is 1. The Kier molecular flexibility index (Phi) is 3.90. The normalized spacial score (nSPS) is 9.85. The second kappa shape index (κ2) is 5.79. The van der Waals surface area contributed by atoms with Crippen LogP contribution in [0.4, 0.5) is 5.69 Å². The van der Waals surface area contributed by atoms with Gasteiger partial charge in [0.25, 0.3) is 5.91 Å². The summed E-state index contributed by atoms with van der Waals surface area (Å²) in [5.41, 5.74) is 0.139. The molecule has 2 aromatic heterocycles. The molecule has 0 saturated carbocycles. The summed E-state index contributed by atoms with van der Waals surface area (Å²) in [4.78, 5) is 30.7. The third-order valence-corrected chi connectivity index (χ3v) is 2.51. The van der Waals surface area contributed by atoms with E-state index in [0.29, 0.717) is 5.75 Å². The molecule has 0 fully saturated rings. The number of nitrogens with zero attached hydrogens (tertiary/aromatic N) is 2. The Morgan fingerprint density at radius 2 is 2.10 bits per heavy atom. The highest BCUT2D eigenvalue weighted by atomic mass is 16.5. The van der Waals surface area contributed by atoms with E-state index in [4.69, 9.17) is 9.84 Å². The van der Waals surface area contributed by atoms with Crippen LogP contribution in [-0.2, 0) is 0 Å². The highest BCUT2D eigenvalue weighted by molar-refractivity contribution is 6.08. The summed E-state index contributed by atoms with van der Waals surface area (Å²) in [7, 11) is 1.42. The number of aromatic carboxylic acids is 1. The molecule has 2 heterocycles. The topological polar surface area (TPSA) is 101 Å². The van der Waals surface area contributed by atoms with Gasteiger partial charge < -0.3 is 15.2 Å². The number of nitrogens with one attached hydrogen (secondary N) is 1. The minimum Gasteiger partial charge on any atom is -0.494 e. The first kappa shape index (κ1) is 13.5. The Bertz CT molecular complexity index is 658. The number of carbonyl (C=O) groups is 2. The lowest BCUT2D eigenvalue weighted by atomic mass is 10.2. The van der Waals surface area contributed by atoms with Crippen molar-refractivity contribution in [2.24, 2.45) is 0 Å². The smallest absolute Gasteiger partial charge is 0.356 e. The zero-order valence-electron chi connectivity index (χ0n) is 10.5.